The van der Waals surface area contributed by atoms with E-state index >= 15 is 0 Å². The summed E-state index contributed by atoms with van der Waals surface area (Å²) in [7, 11) is 0. The van der Waals surface area contributed by atoms with E-state index in [2.05, 4.69) is 0 Å². The average molecular weight is 146 g/mol. The molecular weight excluding hydrogens is 136 g/mol. The molecule has 3 heteroatoms. The summed E-state index contributed by atoms with van der Waals surface area (Å²) >= 11 is 1.95. The van der Waals surface area contributed by atoms with E-state index in [4.69, 9.17) is 9.47 Å². The highest BCUT2D eigenvalue weighted by Crippen LogP contribution is 2.33. The molecule has 2 nitrogen and oxygen atoms in total. The Morgan fingerprint density at radius 2 is 1.89 bits per heavy atom. The van der Waals surface area contributed by atoms with Gasteiger partial charge in [0.05, 0.1) is 18.5 Å². The van der Waals surface area contributed by atoms with Crippen molar-refractivity contribution in [1.29, 1.82) is 0 Å². The van der Waals surface area contributed by atoms with Crippen LogP contribution in [0.2, 0.25) is 0 Å². The van der Waals surface area contributed by atoms with E-state index in [0.717, 1.165) is 13.2 Å². The molecule has 0 bridgehead atoms. The van der Waals surface area contributed by atoms with Gasteiger partial charge in [-0.15, -0.1) is 0 Å². The van der Waals surface area contributed by atoms with Gasteiger partial charge in [-0.3, -0.25) is 0 Å². The van der Waals surface area contributed by atoms with E-state index in [9.17, 15) is 0 Å². The van der Waals surface area contributed by atoms with Gasteiger partial charge in [-0.2, -0.15) is 11.8 Å². The van der Waals surface area contributed by atoms with E-state index in [1.807, 2.05) is 11.8 Å². The summed E-state index contributed by atoms with van der Waals surface area (Å²) in [6, 6.07) is 0. The fourth-order valence-corrected chi connectivity index (χ4v) is 1.88. The van der Waals surface area contributed by atoms with Crippen LogP contribution in [0.25, 0.3) is 0 Å². The van der Waals surface area contributed by atoms with Gasteiger partial charge in [0.2, 0.25) is 0 Å². The first-order chi connectivity index (χ1) is 4.47. The summed E-state index contributed by atoms with van der Waals surface area (Å²) in [5, 5.41) is 0.646. The molecule has 0 radical (unpaired) electrons. The first-order valence-electron chi connectivity index (χ1n) is 3.31. The van der Waals surface area contributed by atoms with Crippen LogP contribution < -0.4 is 0 Å². The molecule has 2 aliphatic heterocycles. The Morgan fingerprint density at radius 3 is 2.33 bits per heavy atom. The normalized spacial score (nSPS) is 36.7. The molecule has 0 aromatic carbocycles. The highest BCUT2D eigenvalue weighted by Gasteiger charge is 2.31. The van der Waals surface area contributed by atoms with Gasteiger partial charge < -0.3 is 9.47 Å². The lowest BCUT2D eigenvalue weighted by Crippen LogP contribution is -2.31. The van der Waals surface area contributed by atoms with Crippen LogP contribution in [0.15, 0.2) is 0 Å². The predicted molar refractivity (Wildman–Crippen MR) is 36.6 cm³/mol. The van der Waals surface area contributed by atoms with Crippen LogP contribution in [0.1, 0.15) is 6.42 Å². The lowest BCUT2D eigenvalue weighted by atomic mass is 10.3. The Bertz CT molecular complexity index is 97.2. The zero-order valence-electron chi connectivity index (χ0n) is 5.21. The molecule has 0 spiro atoms. The monoisotopic (exact) mass is 146 g/mol. The largest absolute Gasteiger partial charge is 0.349 e. The Labute approximate surface area is 58.9 Å². The fourth-order valence-electron chi connectivity index (χ4n) is 1.06. The predicted octanol–water partition coefficient (Wildman–Crippen LogP) is 0.865. The van der Waals surface area contributed by atoms with E-state index in [1.165, 1.54) is 12.2 Å². The van der Waals surface area contributed by atoms with E-state index in [-0.39, 0.29) is 6.29 Å². The van der Waals surface area contributed by atoms with Crippen LogP contribution in [0.4, 0.5) is 0 Å². The Hall–Kier alpha value is 0.270. The van der Waals surface area contributed by atoms with Crippen molar-refractivity contribution in [2.24, 2.45) is 0 Å². The molecule has 0 N–H and O–H groups in total. The first kappa shape index (κ1) is 6.01. The maximum absolute atomic E-state index is 5.31. The van der Waals surface area contributed by atoms with Gasteiger partial charge >= 0.3 is 0 Å². The second-order valence-corrected chi connectivity index (χ2v) is 3.65. The molecule has 1 unspecified atom stereocenters. The zero-order chi connectivity index (χ0) is 6.10. The first-order valence-corrected chi connectivity index (χ1v) is 4.36. The maximum atomic E-state index is 5.31. The van der Waals surface area contributed by atoms with Gasteiger partial charge in [0, 0.05) is 0 Å². The third-order valence-corrected chi connectivity index (χ3v) is 3.04. The molecule has 2 fully saturated rings. The Balaban J connectivity index is 1.82. The van der Waals surface area contributed by atoms with E-state index in [1.54, 1.807) is 0 Å². The summed E-state index contributed by atoms with van der Waals surface area (Å²) in [6.45, 7) is 1.59. The molecule has 0 amide bonds. The van der Waals surface area contributed by atoms with Gasteiger partial charge in [-0.1, -0.05) is 0 Å². The smallest absolute Gasteiger partial charge is 0.169 e. The third kappa shape index (κ3) is 1.09. The second-order valence-electron chi connectivity index (χ2n) is 2.31. The van der Waals surface area contributed by atoms with Crippen LogP contribution in [-0.4, -0.2) is 30.5 Å². The Morgan fingerprint density at radius 1 is 1.22 bits per heavy atom. The highest BCUT2D eigenvalue weighted by molar-refractivity contribution is 8.01. The van der Waals surface area contributed by atoms with Crippen LogP contribution in [0.3, 0.4) is 0 Å². The van der Waals surface area contributed by atoms with Crippen LogP contribution in [0, 0.1) is 0 Å². The summed E-state index contributed by atoms with van der Waals surface area (Å²) in [4.78, 5) is 0. The number of hydrogen-bond donors (Lipinski definition) is 0. The molecule has 52 valence electrons. The molecule has 0 aromatic heterocycles. The van der Waals surface area contributed by atoms with E-state index in [0.29, 0.717) is 5.25 Å². The van der Waals surface area contributed by atoms with Crippen molar-refractivity contribution in [3.63, 3.8) is 0 Å². The molecule has 1 atom stereocenters. The van der Waals surface area contributed by atoms with Gasteiger partial charge in [0.15, 0.2) is 6.29 Å². The van der Waals surface area contributed by atoms with Crippen molar-refractivity contribution in [3.8, 4) is 0 Å². The van der Waals surface area contributed by atoms with Gasteiger partial charge in [0.25, 0.3) is 0 Å². The summed E-state index contributed by atoms with van der Waals surface area (Å²) < 4.78 is 10.6. The van der Waals surface area contributed by atoms with Crippen LogP contribution in [-0.2, 0) is 9.47 Å². The van der Waals surface area contributed by atoms with Crippen molar-refractivity contribution in [2.75, 3.05) is 19.0 Å². The summed E-state index contributed by atoms with van der Waals surface area (Å²) in [5.74, 6) is 1.29. The standard InChI is InChI=1S/C6H10O2S/c1-4-9-5(1)6-7-2-3-8-6/h5-6H,1-4H2. The van der Waals surface area contributed by atoms with E-state index < -0.39 is 0 Å². The second kappa shape index (κ2) is 2.48. The highest BCUT2D eigenvalue weighted by atomic mass is 32.2. The minimum Gasteiger partial charge on any atom is -0.349 e. The number of rotatable bonds is 1. The molecular formula is C6H10O2S. The maximum Gasteiger partial charge on any atom is 0.169 e. The molecule has 2 heterocycles. The van der Waals surface area contributed by atoms with Gasteiger partial charge in [0.1, 0.15) is 0 Å². The topological polar surface area (TPSA) is 18.5 Å². The fraction of sp³-hybridized carbons (Fsp3) is 1.00. The molecule has 9 heavy (non-hydrogen) atoms. The lowest BCUT2D eigenvalue weighted by Gasteiger charge is -2.28. The minimum absolute atomic E-state index is 0.128. The third-order valence-electron chi connectivity index (χ3n) is 1.69. The summed E-state index contributed by atoms with van der Waals surface area (Å²) in [5.41, 5.74) is 0. The number of ether oxygens (including phenoxy) is 2. The van der Waals surface area contributed by atoms with Crippen molar-refractivity contribution >= 4 is 11.8 Å². The number of thioether (sulfide) groups is 1. The minimum atomic E-state index is 0.128. The molecule has 2 aliphatic rings. The Kier molecular flexibility index (Phi) is 1.66. The van der Waals surface area contributed by atoms with Crippen molar-refractivity contribution in [3.05, 3.63) is 0 Å². The van der Waals surface area contributed by atoms with Crippen molar-refractivity contribution in [2.45, 2.75) is 18.0 Å². The molecule has 0 aromatic rings. The van der Waals surface area contributed by atoms with Crippen LogP contribution in [0.5, 0.6) is 0 Å². The zero-order valence-corrected chi connectivity index (χ0v) is 6.02. The van der Waals surface area contributed by atoms with Gasteiger partial charge in [-0.25, -0.2) is 0 Å². The average Bonchev–Trinajstić information content (AvgIpc) is 2.11. The number of hydrogen-bond acceptors (Lipinski definition) is 3. The quantitative estimate of drug-likeness (QED) is 0.546. The van der Waals surface area contributed by atoms with Crippen LogP contribution >= 0.6 is 11.8 Å². The lowest BCUT2D eigenvalue weighted by molar-refractivity contribution is -0.0442. The van der Waals surface area contributed by atoms with Crippen molar-refractivity contribution in [1.82, 2.24) is 0 Å². The van der Waals surface area contributed by atoms with Gasteiger partial charge in [-0.05, 0) is 12.2 Å². The van der Waals surface area contributed by atoms with Crippen molar-refractivity contribution < 1.29 is 9.47 Å². The molecule has 0 saturated carbocycles. The molecule has 2 rings (SSSR count). The summed E-state index contributed by atoms with van der Waals surface area (Å²) in [6.07, 6.45) is 1.40. The molecule has 0 aliphatic carbocycles. The molecule has 2 saturated heterocycles. The SMILES string of the molecule is C1COC(C2CCS2)O1.